The highest BCUT2D eigenvalue weighted by atomic mass is 79.9. The van der Waals surface area contributed by atoms with Crippen LogP contribution >= 0.6 is 27.5 Å². The van der Waals surface area contributed by atoms with Gasteiger partial charge in [-0.05, 0) is 17.7 Å². The lowest BCUT2D eigenvalue weighted by Gasteiger charge is -2.10. The molecule has 1 aromatic carbocycles. The van der Waals surface area contributed by atoms with E-state index in [-0.39, 0.29) is 12.1 Å². The maximum Gasteiger partial charge on any atom is 0.315 e. The van der Waals surface area contributed by atoms with Crippen molar-refractivity contribution in [1.29, 1.82) is 0 Å². The zero-order chi connectivity index (χ0) is 10.1. The summed E-state index contributed by atoms with van der Waals surface area (Å²) in [6.07, 6.45) is 0. The molecule has 1 fully saturated rings. The summed E-state index contributed by atoms with van der Waals surface area (Å²) < 4.78 is 0.934. The normalized spacial score (nSPS) is 20.4. The lowest BCUT2D eigenvalue weighted by Crippen LogP contribution is -2.21. The maximum absolute atomic E-state index is 10.9. The van der Waals surface area contributed by atoms with Gasteiger partial charge in [-0.3, -0.25) is 0 Å². The number of carbonyl (C=O) groups is 1. The summed E-state index contributed by atoms with van der Waals surface area (Å²) >= 11 is 9.38. The van der Waals surface area contributed by atoms with Crippen molar-refractivity contribution < 1.29 is 4.79 Å². The van der Waals surface area contributed by atoms with Crippen LogP contribution in [0.3, 0.4) is 0 Å². The van der Waals surface area contributed by atoms with Crippen molar-refractivity contribution >= 4 is 33.6 Å². The molecule has 0 saturated carbocycles. The lowest BCUT2D eigenvalue weighted by molar-refractivity contribution is 0.247. The monoisotopic (exact) mass is 274 g/mol. The number of urea groups is 1. The van der Waals surface area contributed by atoms with Gasteiger partial charge in [0.2, 0.25) is 0 Å². The van der Waals surface area contributed by atoms with Gasteiger partial charge in [-0.15, -0.1) is 0 Å². The fourth-order valence-electron chi connectivity index (χ4n) is 1.43. The number of hydrogen-bond acceptors (Lipinski definition) is 1. The van der Waals surface area contributed by atoms with Gasteiger partial charge in [-0.25, -0.2) is 4.79 Å². The Hall–Kier alpha value is -0.740. The molecule has 14 heavy (non-hydrogen) atoms. The molecule has 0 aliphatic carbocycles. The predicted molar refractivity (Wildman–Crippen MR) is 58.4 cm³/mol. The third kappa shape index (κ3) is 1.86. The second kappa shape index (κ2) is 3.79. The van der Waals surface area contributed by atoms with E-state index in [1.54, 1.807) is 0 Å². The van der Waals surface area contributed by atoms with Crippen molar-refractivity contribution in [2.24, 2.45) is 0 Å². The molecule has 1 atom stereocenters. The van der Waals surface area contributed by atoms with Crippen LogP contribution in [0.15, 0.2) is 22.7 Å². The van der Waals surface area contributed by atoms with E-state index < -0.39 is 0 Å². The fraction of sp³-hybridized carbons (Fsp3) is 0.222. The first kappa shape index (κ1) is 9.80. The van der Waals surface area contributed by atoms with Crippen LogP contribution in [0, 0.1) is 0 Å². The number of carbonyl (C=O) groups excluding carboxylic acids is 1. The zero-order valence-electron chi connectivity index (χ0n) is 7.18. The molecule has 0 aromatic heterocycles. The van der Waals surface area contributed by atoms with E-state index in [4.69, 9.17) is 11.6 Å². The molecule has 5 heteroatoms. The van der Waals surface area contributed by atoms with Gasteiger partial charge < -0.3 is 10.6 Å². The number of halogens is 2. The van der Waals surface area contributed by atoms with Gasteiger partial charge in [0, 0.05) is 16.0 Å². The Balaban J connectivity index is 2.28. The van der Waals surface area contributed by atoms with Crippen LogP contribution in [0.25, 0.3) is 0 Å². The van der Waals surface area contributed by atoms with Crippen LogP contribution in [0.1, 0.15) is 11.6 Å². The average Bonchev–Trinajstić information content (AvgIpc) is 2.51. The summed E-state index contributed by atoms with van der Waals surface area (Å²) in [7, 11) is 0. The third-order valence-corrected chi connectivity index (χ3v) is 2.93. The minimum atomic E-state index is -0.144. The Bertz CT molecular complexity index is 383. The van der Waals surface area contributed by atoms with E-state index in [0.717, 1.165) is 10.0 Å². The number of benzene rings is 1. The summed E-state index contributed by atoms with van der Waals surface area (Å²) in [5.41, 5.74) is 0.938. The third-order valence-electron chi connectivity index (χ3n) is 2.11. The Kier molecular flexibility index (Phi) is 2.65. The Morgan fingerprint density at radius 1 is 1.50 bits per heavy atom. The summed E-state index contributed by atoms with van der Waals surface area (Å²) in [6, 6.07) is 5.47. The predicted octanol–water partition coefficient (Wildman–Crippen LogP) is 2.46. The first-order valence-corrected chi connectivity index (χ1v) is 5.33. The van der Waals surface area contributed by atoms with E-state index in [1.807, 2.05) is 18.2 Å². The quantitative estimate of drug-likeness (QED) is 0.812. The molecule has 2 amide bonds. The molecule has 1 heterocycles. The fourth-order valence-corrected chi connectivity index (χ4v) is 2.23. The van der Waals surface area contributed by atoms with Gasteiger partial charge in [-0.1, -0.05) is 33.6 Å². The first-order chi connectivity index (χ1) is 6.66. The molecule has 74 valence electrons. The molecule has 0 radical (unpaired) electrons. The lowest BCUT2D eigenvalue weighted by atomic mass is 10.1. The van der Waals surface area contributed by atoms with Crippen molar-refractivity contribution in [3.8, 4) is 0 Å². The molecule has 2 rings (SSSR count). The van der Waals surface area contributed by atoms with Crippen LogP contribution in [0.5, 0.6) is 0 Å². The molecular weight excluding hydrogens is 267 g/mol. The van der Waals surface area contributed by atoms with Crippen molar-refractivity contribution in [2.45, 2.75) is 6.04 Å². The van der Waals surface area contributed by atoms with Crippen LogP contribution in [0.2, 0.25) is 5.02 Å². The second-order valence-corrected chi connectivity index (χ2v) is 4.40. The van der Waals surface area contributed by atoms with Crippen LogP contribution in [-0.2, 0) is 0 Å². The minimum Gasteiger partial charge on any atom is -0.336 e. The number of hydrogen-bond donors (Lipinski definition) is 2. The molecule has 1 saturated heterocycles. The average molecular weight is 276 g/mol. The van der Waals surface area contributed by atoms with Crippen molar-refractivity contribution in [2.75, 3.05) is 6.54 Å². The number of rotatable bonds is 1. The Labute approximate surface area is 95.0 Å². The van der Waals surface area contributed by atoms with Gasteiger partial charge in [0.1, 0.15) is 0 Å². The zero-order valence-corrected chi connectivity index (χ0v) is 9.52. The SMILES string of the molecule is O=C1NCC(c2ccc(Br)cc2Cl)N1. The molecule has 2 N–H and O–H groups in total. The van der Waals surface area contributed by atoms with Crippen molar-refractivity contribution in [3.05, 3.63) is 33.3 Å². The van der Waals surface area contributed by atoms with E-state index >= 15 is 0 Å². The number of amides is 2. The van der Waals surface area contributed by atoms with Crippen LogP contribution in [0.4, 0.5) is 4.79 Å². The molecule has 0 bridgehead atoms. The number of nitrogens with one attached hydrogen (secondary N) is 2. The molecule has 1 aromatic rings. The van der Waals surface area contributed by atoms with Gasteiger partial charge in [-0.2, -0.15) is 0 Å². The summed E-state index contributed by atoms with van der Waals surface area (Å²) in [6.45, 7) is 0.584. The summed E-state index contributed by atoms with van der Waals surface area (Å²) in [5, 5.41) is 6.13. The van der Waals surface area contributed by atoms with E-state index in [1.165, 1.54) is 0 Å². The first-order valence-electron chi connectivity index (χ1n) is 4.16. The molecule has 3 nitrogen and oxygen atoms in total. The van der Waals surface area contributed by atoms with Crippen molar-refractivity contribution in [1.82, 2.24) is 10.6 Å². The van der Waals surface area contributed by atoms with Gasteiger partial charge in [0.25, 0.3) is 0 Å². The largest absolute Gasteiger partial charge is 0.336 e. The molecule has 1 aliphatic heterocycles. The topological polar surface area (TPSA) is 41.1 Å². The van der Waals surface area contributed by atoms with Crippen molar-refractivity contribution in [3.63, 3.8) is 0 Å². The van der Waals surface area contributed by atoms with Crippen LogP contribution in [-0.4, -0.2) is 12.6 Å². The highest BCUT2D eigenvalue weighted by Crippen LogP contribution is 2.27. The van der Waals surface area contributed by atoms with Gasteiger partial charge in [0.15, 0.2) is 0 Å². The second-order valence-electron chi connectivity index (χ2n) is 3.07. The minimum absolute atomic E-state index is 0.0249. The Morgan fingerprint density at radius 3 is 2.86 bits per heavy atom. The van der Waals surface area contributed by atoms with E-state index in [2.05, 4.69) is 26.6 Å². The molecule has 0 spiro atoms. The summed E-state index contributed by atoms with van der Waals surface area (Å²) in [4.78, 5) is 10.9. The van der Waals surface area contributed by atoms with Gasteiger partial charge >= 0.3 is 6.03 Å². The molecule has 1 unspecified atom stereocenters. The smallest absolute Gasteiger partial charge is 0.315 e. The highest BCUT2D eigenvalue weighted by Gasteiger charge is 2.23. The van der Waals surface area contributed by atoms with Crippen LogP contribution < -0.4 is 10.6 Å². The molecule has 1 aliphatic rings. The highest BCUT2D eigenvalue weighted by molar-refractivity contribution is 9.10. The standard InChI is InChI=1S/C9H8BrClN2O/c10-5-1-2-6(7(11)3-5)8-4-12-9(14)13-8/h1-3,8H,4H2,(H2,12,13,14). The molecular formula is C9H8BrClN2O. The summed E-state index contributed by atoms with van der Waals surface area (Å²) in [5.74, 6) is 0. The Morgan fingerprint density at radius 2 is 2.29 bits per heavy atom. The van der Waals surface area contributed by atoms with E-state index in [0.29, 0.717) is 11.6 Å². The maximum atomic E-state index is 10.9. The van der Waals surface area contributed by atoms with Gasteiger partial charge in [0.05, 0.1) is 6.04 Å². The van der Waals surface area contributed by atoms with E-state index in [9.17, 15) is 4.79 Å².